The lowest BCUT2D eigenvalue weighted by atomic mass is 9.87. The van der Waals surface area contributed by atoms with Crippen molar-refractivity contribution < 1.29 is 19.4 Å². The molecule has 1 saturated carbocycles. The Labute approximate surface area is 126 Å². The van der Waals surface area contributed by atoms with E-state index in [0.29, 0.717) is 12.5 Å². The van der Waals surface area contributed by atoms with Gasteiger partial charge >= 0.3 is 12.1 Å². The number of carbonyl (C=O) groups is 2. The number of rotatable bonds is 7. The number of aliphatic carboxylic acids is 1. The van der Waals surface area contributed by atoms with Gasteiger partial charge in [-0.15, -0.1) is 6.58 Å². The van der Waals surface area contributed by atoms with Crippen molar-refractivity contribution in [1.82, 2.24) is 5.32 Å². The number of carbonyl (C=O) groups excluding carboxylic acids is 1. The molecule has 0 spiro atoms. The number of nitrogens with one attached hydrogen (secondary N) is 1. The van der Waals surface area contributed by atoms with E-state index in [1.54, 1.807) is 20.8 Å². The fourth-order valence-corrected chi connectivity index (χ4v) is 2.49. The van der Waals surface area contributed by atoms with Crippen LogP contribution in [0.3, 0.4) is 0 Å². The topological polar surface area (TPSA) is 75.6 Å². The van der Waals surface area contributed by atoms with E-state index in [1.165, 1.54) is 0 Å². The number of allylic oxidation sites excluding steroid dienone is 1. The molecule has 0 saturated heterocycles. The van der Waals surface area contributed by atoms with Crippen molar-refractivity contribution in [3.8, 4) is 0 Å². The summed E-state index contributed by atoms with van der Waals surface area (Å²) in [5.41, 5.74) is -0.540. The third kappa shape index (κ3) is 5.06. The van der Waals surface area contributed by atoms with E-state index in [4.69, 9.17) is 9.84 Å². The Kier molecular flexibility index (Phi) is 5.42. The number of carboxylic acid groups (broad SMARTS) is 1. The number of ether oxygens (including phenoxy) is 1. The Balaban J connectivity index is 2.41. The van der Waals surface area contributed by atoms with Crippen molar-refractivity contribution in [2.45, 2.75) is 53.0 Å². The van der Waals surface area contributed by atoms with Crippen molar-refractivity contribution in [3.05, 3.63) is 12.7 Å². The van der Waals surface area contributed by atoms with E-state index in [9.17, 15) is 9.59 Å². The summed E-state index contributed by atoms with van der Waals surface area (Å²) in [6.45, 7) is 11.4. The Bertz CT molecular complexity index is 413. The van der Waals surface area contributed by atoms with Crippen LogP contribution in [0.5, 0.6) is 0 Å². The van der Waals surface area contributed by atoms with E-state index < -0.39 is 23.5 Å². The molecule has 3 unspecified atom stereocenters. The minimum Gasteiger partial charge on any atom is -0.480 e. The highest BCUT2D eigenvalue weighted by Crippen LogP contribution is 2.54. The summed E-state index contributed by atoms with van der Waals surface area (Å²) in [5.74, 6) is -0.498. The van der Waals surface area contributed by atoms with Crippen LogP contribution in [-0.2, 0) is 9.53 Å². The minimum absolute atomic E-state index is 0.0286. The Morgan fingerprint density at radius 3 is 2.62 bits per heavy atom. The third-order valence-corrected chi connectivity index (χ3v) is 4.17. The van der Waals surface area contributed by atoms with Crippen LogP contribution in [0.1, 0.15) is 47.0 Å². The normalized spacial score (nSPS) is 25.8. The molecule has 1 rings (SSSR count). The van der Waals surface area contributed by atoms with Crippen molar-refractivity contribution in [1.29, 1.82) is 0 Å². The summed E-state index contributed by atoms with van der Waals surface area (Å²) in [5, 5.41) is 11.6. The Morgan fingerprint density at radius 2 is 2.14 bits per heavy atom. The lowest BCUT2D eigenvalue weighted by Gasteiger charge is -2.27. The first-order chi connectivity index (χ1) is 9.60. The molecule has 0 aromatic carbocycles. The van der Waals surface area contributed by atoms with Gasteiger partial charge in [0.25, 0.3) is 0 Å². The smallest absolute Gasteiger partial charge is 0.407 e. The van der Waals surface area contributed by atoms with Gasteiger partial charge in [-0.2, -0.15) is 0 Å². The first-order valence-corrected chi connectivity index (χ1v) is 7.37. The van der Waals surface area contributed by atoms with Gasteiger partial charge in [0, 0.05) is 5.41 Å². The van der Waals surface area contributed by atoms with Crippen LogP contribution >= 0.6 is 0 Å². The number of amides is 1. The Hall–Kier alpha value is -1.52. The zero-order valence-corrected chi connectivity index (χ0v) is 13.4. The molecule has 5 nitrogen and oxygen atoms in total. The van der Waals surface area contributed by atoms with Gasteiger partial charge in [0.1, 0.15) is 6.04 Å². The molecule has 21 heavy (non-hydrogen) atoms. The summed E-state index contributed by atoms with van der Waals surface area (Å²) >= 11 is 0. The first kappa shape index (κ1) is 17.5. The van der Waals surface area contributed by atoms with E-state index in [2.05, 4.69) is 18.8 Å². The second-order valence-electron chi connectivity index (χ2n) is 7.28. The van der Waals surface area contributed by atoms with E-state index in [1.807, 2.05) is 6.08 Å². The summed E-state index contributed by atoms with van der Waals surface area (Å²) < 4.78 is 5.22. The molecule has 0 bridgehead atoms. The van der Waals surface area contributed by atoms with Crippen LogP contribution in [0.4, 0.5) is 4.79 Å². The Morgan fingerprint density at radius 1 is 1.52 bits per heavy atom. The molecular weight excluding hydrogens is 270 g/mol. The quantitative estimate of drug-likeness (QED) is 0.708. The van der Waals surface area contributed by atoms with Gasteiger partial charge in [0.05, 0.1) is 6.61 Å². The van der Waals surface area contributed by atoms with Crippen LogP contribution < -0.4 is 5.32 Å². The molecule has 0 radical (unpaired) electrons. The average molecular weight is 297 g/mol. The standard InChI is InChI=1S/C16H27NO4/c1-6-7-8-11-9-16(11,5)10-21-14(20)17-12(13(18)19)15(2,3)4/h6,11-12H,1,7-10H2,2-5H3,(H,17,20)(H,18,19). The van der Waals surface area contributed by atoms with Crippen molar-refractivity contribution in [3.63, 3.8) is 0 Å². The van der Waals surface area contributed by atoms with Gasteiger partial charge in [-0.05, 0) is 30.6 Å². The first-order valence-electron chi connectivity index (χ1n) is 7.37. The molecule has 3 atom stereocenters. The molecule has 5 heteroatoms. The molecule has 1 amide bonds. The summed E-state index contributed by atoms with van der Waals surface area (Å²) in [6, 6.07) is -0.964. The number of hydrogen-bond acceptors (Lipinski definition) is 3. The summed E-state index contributed by atoms with van der Waals surface area (Å²) in [4.78, 5) is 23.0. The summed E-state index contributed by atoms with van der Waals surface area (Å²) in [7, 11) is 0. The van der Waals surface area contributed by atoms with Gasteiger partial charge in [0.15, 0.2) is 0 Å². The third-order valence-electron chi connectivity index (χ3n) is 4.17. The molecule has 1 aliphatic rings. The monoisotopic (exact) mass is 297 g/mol. The predicted octanol–water partition coefficient (Wildman–Crippen LogP) is 3.20. The molecule has 0 aliphatic heterocycles. The van der Waals surface area contributed by atoms with Crippen LogP contribution in [0, 0.1) is 16.7 Å². The maximum atomic E-state index is 11.8. The van der Waals surface area contributed by atoms with Crippen molar-refractivity contribution in [2.24, 2.45) is 16.7 Å². The highest BCUT2D eigenvalue weighted by atomic mass is 16.5. The van der Waals surface area contributed by atoms with Gasteiger partial charge in [-0.1, -0.05) is 33.8 Å². The maximum absolute atomic E-state index is 11.8. The second-order valence-corrected chi connectivity index (χ2v) is 7.28. The molecular formula is C16H27NO4. The minimum atomic E-state index is -1.05. The fraction of sp³-hybridized carbons (Fsp3) is 0.750. The van der Waals surface area contributed by atoms with Gasteiger partial charge in [-0.25, -0.2) is 9.59 Å². The highest BCUT2D eigenvalue weighted by molar-refractivity contribution is 5.80. The van der Waals surface area contributed by atoms with Crippen LogP contribution in [-0.4, -0.2) is 29.8 Å². The summed E-state index contributed by atoms with van der Waals surface area (Å²) in [6.07, 6.45) is 4.30. The van der Waals surface area contributed by atoms with Gasteiger partial charge in [0.2, 0.25) is 0 Å². The SMILES string of the molecule is C=CCCC1CC1(C)COC(=O)NC(C(=O)O)C(C)(C)C. The molecule has 0 aromatic rings. The lowest BCUT2D eigenvalue weighted by Crippen LogP contribution is -2.49. The fourth-order valence-electron chi connectivity index (χ4n) is 2.49. The number of carboxylic acids is 1. The molecule has 2 N–H and O–H groups in total. The van der Waals surface area contributed by atoms with Gasteiger partial charge < -0.3 is 15.2 Å². The van der Waals surface area contributed by atoms with Gasteiger partial charge in [-0.3, -0.25) is 0 Å². The number of alkyl carbamates (subject to hydrolysis) is 1. The molecule has 120 valence electrons. The molecule has 0 aromatic heterocycles. The average Bonchev–Trinajstić information content (AvgIpc) is 3.01. The van der Waals surface area contributed by atoms with E-state index in [-0.39, 0.29) is 5.41 Å². The zero-order valence-electron chi connectivity index (χ0n) is 13.4. The van der Waals surface area contributed by atoms with Crippen LogP contribution in [0.15, 0.2) is 12.7 Å². The zero-order chi connectivity index (χ0) is 16.3. The maximum Gasteiger partial charge on any atom is 0.407 e. The van der Waals surface area contributed by atoms with Crippen LogP contribution in [0.2, 0.25) is 0 Å². The van der Waals surface area contributed by atoms with E-state index in [0.717, 1.165) is 19.3 Å². The van der Waals surface area contributed by atoms with Crippen molar-refractivity contribution in [2.75, 3.05) is 6.61 Å². The second kappa shape index (κ2) is 6.50. The largest absolute Gasteiger partial charge is 0.480 e. The van der Waals surface area contributed by atoms with E-state index >= 15 is 0 Å². The van der Waals surface area contributed by atoms with Crippen LogP contribution in [0.25, 0.3) is 0 Å². The molecule has 1 fully saturated rings. The molecule has 1 aliphatic carbocycles. The number of hydrogen-bond donors (Lipinski definition) is 2. The highest BCUT2D eigenvalue weighted by Gasteiger charge is 2.50. The molecule has 0 heterocycles. The lowest BCUT2D eigenvalue weighted by molar-refractivity contribution is -0.142. The van der Waals surface area contributed by atoms with Crippen molar-refractivity contribution >= 4 is 12.1 Å². The predicted molar refractivity (Wildman–Crippen MR) is 81.0 cm³/mol.